The number of rotatable bonds is 6. The zero-order valence-corrected chi connectivity index (χ0v) is 10.4. The first-order chi connectivity index (χ1) is 8.31. The normalized spacial score (nSPS) is 41.4. The van der Waals surface area contributed by atoms with Gasteiger partial charge in [0.1, 0.15) is 0 Å². The summed E-state index contributed by atoms with van der Waals surface area (Å²) in [5.41, 5.74) is 0. The minimum Gasteiger partial charge on any atom is -0.383 e. The molecule has 17 heavy (non-hydrogen) atoms. The van der Waals surface area contributed by atoms with Crippen LogP contribution in [0.3, 0.4) is 0 Å². The molecule has 0 aromatic carbocycles. The maximum atomic E-state index is 11.5. The minimum absolute atomic E-state index is 0.0966. The van der Waals surface area contributed by atoms with Crippen LogP contribution in [0.4, 0.5) is 0 Å². The van der Waals surface area contributed by atoms with Crippen LogP contribution in [0.25, 0.3) is 0 Å². The summed E-state index contributed by atoms with van der Waals surface area (Å²) in [6.45, 7) is 1.67. The molecule has 3 aliphatic carbocycles. The highest BCUT2D eigenvalue weighted by atomic mass is 16.5. The number of amides is 1. The fourth-order valence-corrected chi connectivity index (χ4v) is 4.16. The monoisotopic (exact) mass is 238 g/mol. The summed E-state index contributed by atoms with van der Waals surface area (Å²) in [5.74, 6) is 3.85. The summed E-state index contributed by atoms with van der Waals surface area (Å²) in [7, 11) is 1.64. The minimum atomic E-state index is 0.0966. The molecule has 0 radical (unpaired) electrons. The van der Waals surface area contributed by atoms with Gasteiger partial charge >= 0.3 is 0 Å². The van der Waals surface area contributed by atoms with Gasteiger partial charge in [-0.05, 0) is 42.9 Å². The molecule has 0 aromatic heterocycles. The number of ether oxygens (including phenoxy) is 1. The first-order valence-corrected chi connectivity index (χ1v) is 6.80. The van der Waals surface area contributed by atoms with Crippen molar-refractivity contribution in [3.63, 3.8) is 0 Å². The molecular weight excluding hydrogens is 216 g/mol. The van der Waals surface area contributed by atoms with Crippen molar-refractivity contribution in [2.75, 3.05) is 26.8 Å². The van der Waals surface area contributed by atoms with Gasteiger partial charge < -0.3 is 15.4 Å². The van der Waals surface area contributed by atoms with Gasteiger partial charge in [-0.15, -0.1) is 0 Å². The Kier molecular flexibility index (Phi) is 3.09. The third-order valence-corrected chi connectivity index (χ3v) is 4.86. The van der Waals surface area contributed by atoms with Crippen molar-refractivity contribution < 1.29 is 9.53 Å². The number of hydrogen-bond donors (Lipinski definition) is 2. The van der Waals surface area contributed by atoms with Gasteiger partial charge in [0.15, 0.2) is 0 Å². The van der Waals surface area contributed by atoms with E-state index in [1.807, 2.05) is 0 Å². The van der Waals surface area contributed by atoms with E-state index in [1.165, 1.54) is 19.3 Å². The molecule has 3 saturated carbocycles. The van der Waals surface area contributed by atoms with Crippen molar-refractivity contribution in [2.24, 2.45) is 23.7 Å². The van der Waals surface area contributed by atoms with E-state index in [9.17, 15) is 4.79 Å². The van der Waals surface area contributed by atoms with Crippen molar-refractivity contribution in [2.45, 2.75) is 25.3 Å². The van der Waals surface area contributed by atoms with Gasteiger partial charge in [-0.2, -0.15) is 0 Å². The maximum Gasteiger partial charge on any atom is 0.234 e. The second kappa shape index (κ2) is 4.58. The van der Waals surface area contributed by atoms with E-state index < -0.39 is 0 Å². The summed E-state index contributed by atoms with van der Waals surface area (Å²) in [6.07, 6.45) is 4.33. The summed E-state index contributed by atoms with van der Waals surface area (Å²) in [6, 6.07) is 0.648. The summed E-state index contributed by atoms with van der Waals surface area (Å²) >= 11 is 0. The van der Waals surface area contributed by atoms with Crippen LogP contribution in [0.15, 0.2) is 0 Å². The zero-order valence-electron chi connectivity index (χ0n) is 10.4. The highest BCUT2D eigenvalue weighted by molar-refractivity contribution is 5.78. The van der Waals surface area contributed by atoms with Crippen molar-refractivity contribution in [3.8, 4) is 0 Å². The highest BCUT2D eigenvalue weighted by Crippen LogP contribution is 2.65. The lowest BCUT2D eigenvalue weighted by Gasteiger charge is -2.10. The molecule has 3 aliphatic rings. The first-order valence-electron chi connectivity index (χ1n) is 6.80. The average molecular weight is 238 g/mol. The van der Waals surface area contributed by atoms with Gasteiger partial charge in [0.25, 0.3) is 0 Å². The van der Waals surface area contributed by atoms with E-state index in [1.54, 1.807) is 7.11 Å². The van der Waals surface area contributed by atoms with E-state index in [0.717, 1.165) is 23.7 Å². The number of nitrogens with one attached hydrogen (secondary N) is 2. The van der Waals surface area contributed by atoms with Crippen molar-refractivity contribution in [1.29, 1.82) is 0 Å². The molecule has 2 N–H and O–H groups in total. The van der Waals surface area contributed by atoms with Gasteiger partial charge in [-0.3, -0.25) is 4.79 Å². The second-order valence-electron chi connectivity index (χ2n) is 5.74. The van der Waals surface area contributed by atoms with Crippen molar-refractivity contribution in [1.82, 2.24) is 10.6 Å². The predicted octanol–water partition coefficient (Wildman–Crippen LogP) is 0.383. The van der Waals surface area contributed by atoms with Gasteiger partial charge in [0, 0.05) is 19.7 Å². The Hall–Kier alpha value is -0.610. The SMILES string of the molecule is COCCNC(=O)CNC1C2C3CCC(C3)C12. The Labute approximate surface area is 102 Å². The number of fused-ring (bicyclic) bond motifs is 5. The van der Waals surface area contributed by atoms with Gasteiger partial charge in [-0.25, -0.2) is 0 Å². The molecular formula is C13H22N2O2. The maximum absolute atomic E-state index is 11.5. The Balaban J connectivity index is 1.35. The van der Waals surface area contributed by atoms with Crippen LogP contribution in [0.1, 0.15) is 19.3 Å². The topological polar surface area (TPSA) is 50.4 Å². The summed E-state index contributed by atoms with van der Waals surface area (Å²) in [4.78, 5) is 11.5. The third kappa shape index (κ3) is 2.08. The summed E-state index contributed by atoms with van der Waals surface area (Å²) < 4.78 is 4.89. The summed E-state index contributed by atoms with van der Waals surface area (Å²) in [5, 5.41) is 6.28. The van der Waals surface area contributed by atoms with Crippen LogP contribution >= 0.6 is 0 Å². The van der Waals surface area contributed by atoms with Crippen LogP contribution < -0.4 is 10.6 Å². The molecule has 4 nitrogen and oxygen atoms in total. The average Bonchev–Trinajstić information content (AvgIpc) is 2.71. The highest BCUT2D eigenvalue weighted by Gasteiger charge is 2.64. The lowest BCUT2D eigenvalue weighted by molar-refractivity contribution is -0.120. The Bertz CT molecular complexity index is 292. The molecule has 2 bridgehead atoms. The molecule has 0 spiro atoms. The van der Waals surface area contributed by atoms with Gasteiger partial charge in [0.05, 0.1) is 13.2 Å². The molecule has 96 valence electrons. The number of methoxy groups -OCH3 is 1. The molecule has 4 atom stereocenters. The van der Waals surface area contributed by atoms with Crippen LogP contribution in [0.2, 0.25) is 0 Å². The fraction of sp³-hybridized carbons (Fsp3) is 0.923. The van der Waals surface area contributed by atoms with Gasteiger partial charge in [0.2, 0.25) is 5.91 Å². The number of carbonyl (C=O) groups is 1. The largest absolute Gasteiger partial charge is 0.383 e. The quantitative estimate of drug-likeness (QED) is 0.658. The van der Waals surface area contributed by atoms with E-state index in [4.69, 9.17) is 4.74 Å². The molecule has 3 rings (SSSR count). The molecule has 4 unspecified atom stereocenters. The lowest BCUT2D eigenvalue weighted by Crippen LogP contribution is -2.37. The Morgan fingerprint density at radius 1 is 1.29 bits per heavy atom. The molecule has 4 heteroatoms. The molecule has 1 amide bonds. The van der Waals surface area contributed by atoms with E-state index in [-0.39, 0.29) is 5.91 Å². The van der Waals surface area contributed by atoms with E-state index in [2.05, 4.69) is 10.6 Å². The van der Waals surface area contributed by atoms with Gasteiger partial charge in [-0.1, -0.05) is 0 Å². The Morgan fingerprint density at radius 2 is 2.00 bits per heavy atom. The Morgan fingerprint density at radius 3 is 2.65 bits per heavy atom. The molecule has 0 heterocycles. The standard InChI is InChI=1S/C13H22N2O2/c1-17-5-4-14-10(16)7-15-13-11-8-2-3-9(6-8)12(11)13/h8-9,11-13,15H,2-7H2,1H3,(H,14,16). The molecule has 0 aromatic rings. The predicted molar refractivity (Wildman–Crippen MR) is 64.5 cm³/mol. The van der Waals surface area contributed by atoms with Crippen LogP contribution in [0, 0.1) is 23.7 Å². The van der Waals surface area contributed by atoms with Crippen LogP contribution in [-0.4, -0.2) is 38.8 Å². The van der Waals surface area contributed by atoms with Crippen LogP contribution in [0.5, 0.6) is 0 Å². The molecule has 0 saturated heterocycles. The fourth-order valence-electron chi connectivity index (χ4n) is 4.16. The smallest absolute Gasteiger partial charge is 0.234 e. The van der Waals surface area contributed by atoms with Crippen molar-refractivity contribution in [3.05, 3.63) is 0 Å². The zero-order chi connectivity index (χ0) is 11.8. The lowest BCUT2D eigenvalue weighted by atomic mass is 10.0. The van der Waals surface area contributed by atoms with Crippen molar-refractivity contribution >= 4 is 5.91 Å². The number of carbonyl (C=O) groups excluding carboxylic acids is 1. The second-order valence-corrected chi connectivity index (χ2v) is 5.74. The third-order valence-electron chi connectivity index (χ3n) is 4.86. The first kappa shape index (κ1) is 11.5. The van der Waals surface area contributed by atoms with E-state index in [0.29, 0.717) is 25.7 Å². The van der Waals surface area contributed by atoms with E-state index >= 15 is 0 Å². The molecule has 3 fully saturated rings. The van der Waals surface area contributed by atoms with Crippen LogP contribution in [-0.2, 0) is 9.53 Å². The molecule has 0 aliphatic heterocycles. The number of hydrogen-bond acceptors (Lipinski definition) is 3.